The van der Waals surface area contributed by atoms with E-state index in [9.17, 15) is 15.8 Å². The van der Waals surface area contributed by atoms with Gasteiger partial charge < -0.3 is 9.13 Å². The summed E-state index contributed by atoms with van der Waals surface area (Å²) in [6.07, 6.45) is 0. The van der Waals surface area contributed by atoms with E-state index in [1.54, 1.807) is 0 Å². The predicted octanol–water partition coefficient (Wildman–Crippen LogP) is 14.0. The fraction of sp³-hybridized carbons (Fsp3) is 0. The van der Waals surface area contributed by atoms with Crippen molar-refractivity contribution in [2.45, 2.75) is 0 Å². The molecule has 0 saturated heterocycles. The Morgan fingerprint density at radius 3 is 1.13 bits per heavy atom. The molecular weight excluding hydrogens is 833 g/mol. The molecule has 0 amide bonds. The second-order valence-corrected chi connectivity index (χ2v) is 16.5. The first-order valence-corrected chi connectivity index (χ1v) is 22.1. The van der Waals surface area contributed by atoms with Crippen LogP contribution < -0.4 is 0 Å². The third-order valence-corrected chi connectivity index (χ3v) is 12.7. The minimum atomic E-state index is 0.442. The number of hydrogen-bond acceptors (Lipinski definition) is 6. The van der Waals surface area contributed by atoms with Gasteiger partial charge in [-0.3, -0.25) is 0 Å². The highest BCUT2D eigenvalue weighted by Crippen LogP contribution is 2.42. The minimum Gasteiger partial charge on any atom is -0.308 e. The van der Waals surface area contributed by atoms with Gasteiger partial charge >= 0.3 is 0 Å². The molecule has 8 heteroatoms. The topological polar surface area (TPSA) is 120 Å². The Hall–Kier alpha value is -9.94. The SMILES string of the molecule is N#Cc1ccccc1-c1ccc2c(c1)c1ccccc1n2-c1cc(-c2nc(-c3ccccc3)nc(-c3ccccc3)n2)cc(-n2c3ccccc3c3cc(-c4ccccc4C#N)ccc32)c1C#N. The molecular formula is C60H34N8. The molecule has 0 atom stereocenters. The standard InChI is InChI=1S/C60H34N8/c61-35-42-19-7-9-21-45(42)40-27-29-54-49(31-40)47-23-11-13-25-52(47)67(54)56-33-44(60-65-58(38-15-3-1-4-16-38)64-59(66-60)39-17-5-2-6-18-39)34-57(51(56)37-63)68-53-26-14-12-24-48(53)50-32-41(28-30-55(50)68)46-22-10-8-20-43(46)36-62/h1-34H. The van der Waals surface area contributed by atoms with Gasteiger partial charge in [0.1, 0.15) is 11.6 Å². The van der Waals surface area contributed by atoms with Gasteiger partial charge in [-0.1, -0.05) is 146 Å². The number of rotatable bonds is 7. The average molecular weight is 867 g/mol. The van der Waals surface area contributed by atoms with E-state index in [2.05, 4.69) is 75.9 Å². The van der Waals surface area contributed by atoms with E-state index in [-0.39, 0.29) is 0 Å². The van der Waals surface area contributed by atoms with Gasteiger partial charge in [0.25, 0.3) is 0 Å². The molecule has 0 bridgehead atoms. The van der Waals surface area contributed by atoms with Crippen LogP contribution in [0.4, 0.5) is 0 Å². The smallest absolute Gasteiger partial charge is 0.164 e. The maximum absolute atomic E-state index is 11.7. The van der Waals surface area contributed by atoms with E-state index in [0.717, 1.165) is 77.0 Å². The number of para-hydroxylation sites is 2. The zero-order valence-corrected chi connectivity index (χ0v) is 36.2. The molecule has 0 fully saturated rings. The van der Waals surface area contributed by atoms with Crippen LogP contribution in [-0.4, -0.2) is 24.1 Å². The summed E-state index contributed by atoms with van der Waals surface area (Å²) in [6, 6.07) is 75.5. The number of fused-ring (bicyclic) bond motifs is 6. The molecule has 314 valence electrons. The molecule has 9 aromatic carbocycles. The average Bonchev–Trinajstić information content (AvgIpc) is 3.92. The van der Waals surface area contributed by atoms with E-state index >= 15 is 0 Å². The molecule has 0 saturated carbocycles. The van der Waals surface area contributed by atoms with Crippen molar-refractivity contribution in [2.75, 3.05) is 0 Å². The lowest BCUT2D eigenvalue weighted by Crippen LogP contribution is -2.07. The van der Waals surface area contributed by atoms with Gasteiger partial charge in [-0.15, -0.1) is 0 Å². The predicted molar refractivity (Wildman–Crippen MR) is 270 cm³/mol. The summed E-state index contributed by atoms with van der Waals surface area (Å²) >= 11 is 0. The molecule has 68 heavy (non-hydrogen) atoms. The van der Waals surface area contributed by atoms with Crippen molar-refractivity contribution < 1.29 is 0 Å². The van der Waals surface area contributed by atoms with Crippen LogP contribution in [0.3, 0.4) is 0 Å². The first kappa shape index (κ1) is 39.6. The molecule has 3 heterocycles. The zero-order chi connectivity index (χ0) is 45.7. The van der Waals surface area contributed by atoms with Crippen LogP contribution in [0.25, 0.3) is 111 Å². The minimum absolute atomic E-state index is 0.442. The lowest BCUT2D eigenvalue weighted by molar-refractivity contribution is 1.06. The number of nitrogens with zero attached hydrogens (tertiary/aromatic N) is 8. The fourth-order valence-electron chi connectivity index (χ4n) is 9.61. The summed E-state index contributed by atoms with van der Waals surface area (Å²) in [5, 5.41) is 35.7. The first-order chi connectivity index (χ1) is 33.6. The van der Waals surface area contributed by atoms with Gasteiger partial charge in [0.15, 0.2) is 17.5 Å². The van der Waals surface area contributed by atoms with Gasteiger partial charge in [0, 0.05) is 38.2 Å². The van der Waals surface area contributed by atoms with Crippen LogP contribution in [-0.2, 0) is 0 Å². The number of aromatic nitrogens is 5. The van der Waals surface area contributed by atoms with E-state index < -0.39 is 0 Å². The van der Waals surface area contributed by atoms with Gasteiger partial charge in [-0.05, 0) is 82.9 Å². The van der Waals surface area contributed by atoms with E-state index in [0.29, 0.717) is 51.1 Å². The van der Waals surface area contributed by atoms with Crippen LogP contribution in [0, 0.1) is 34.0 Å². The summed E-state index contributed by atoms with van der Waals surface area (Å²) in [5.74, 6) is 1.48. The maximum Gasteiger partial charge on any atom is 0.164 e. The van der Waals surface area contributed by atoms with Gasteiger partial charge in [0.2, 0.25) is 0 Å². The first-order valence-electron chi connectivity index (χ1n) is 22.1. The molecule has 0 aliphatic carbocycles. The fourth-order valence-corrected chi connectivity index (χ4v) is 9.61. The molecule has 3 aromatic heterocycles. The summed E-state index contributed by atoms with van der Waals surface area (Å²) in [5.41, 5.74) is 12.4. The Kier molecular flexibility index (Phi) is 9.47. The highest BCUT2D eigenvalue weighted by molar-refractivity contribution is 6.12. The largest absolute Gasteiger partial charge is 0.308 e. The molecule has 0 unspecified atom stereocenters. The Bertz CT molecular complexity index is 3870. The summed E-state index contributed by atoms with van der Waals surface area (Å²) in [6.45, 7) is 0. The Morgan fingerprint density at radius 2 is 0.691 bits per heavy atom. The highest BCUT2D eigenvalue weighted by Gasteiger charge is 2.25. The van der Waals surface area contributed by atoms with Gasteiger partial charge in [-0.25, -0.2) is 15.0 Å². The Morgan fingerprint density at radius 1 is 0.309 bits per heavy atom. The maximum atomic E-state index is 11.7. The summed E-state index contributed by atoms with van der Waals surface area (Å²) < 4.78 is 4.33. The molecule has 0 N–H and O–H groups in total. The number of nitriles is 3. The lowest BCUT2D eigenvalue weighted by atomic mass is 9.98. The van der Waals surface area contributed by atoms with Crippen LogP contribution in [0.1, 0.15) is 16.7 Å². The van der Waals surface area contributed by atoms with Crippen LogP contribution in [0.2, 0.25) is 0 Å². The van der Waals surface area contributed by atoms with E-state index in [1.807, 2.05) is 158 Å². The second kappa shape index (κ2) is 16.2. The van der Waals surface area contributed by atoms with Crippen LogP contribution in [0.15, 0.2) is 206 Å². The van der Waals surface area contributed by atoms with Crippen LogP contribution in [0.5, 0.6) is 0 Å². The molecule has 12 rings (SSSR count). The van der Waals surface area contributed by atoms with Crippen molar-refractivity contribution in [3.63, 3.8) is 0 Å². The number of hydrogen-bond donors (Lipinski definition) is 0. The molecule has 0 aliphatic heterocycles. The molecule has 12 aromatic rings. The van der Waals surface area contributed by atoms with Crippen molar-refractivity contribution in [1.82, 2.24) is 24.1 Å². The number of benzene rings is 9. The van der Waals surface area contributed by atoms with Crippen molar-refractivity contribution in [3.05, 3.63) is 223 Å². The Labute approximate surface area is 390 Å². The third-order valence-electron chi connectivity index (χ3n) is 12.7. The van der Waals surface area contributed by atoms with Crippen molar-refractivity contribution >= 4 is 43.6 Å². The third kappa shape index (κ3) is 6.47. The van der Waals surface area contributed by atoms with E-state index in [1.165, 1.54) is 0 Å². The van der Waals surface area contributed by atoms with E-state index in [4.69, 9.17) is 15.0 Å². The molecule has 0 radical (unpaired) electrons. The molecule has 0 aliphatic rings. The van der Waals surface area contributed by atoms with Crippen molar-refractivity contribution in [3.8, 4) is 86.0 Å². The summed E-state index contributed by atoms with van der Waals surface area (Å²) in [4.78, 5) is 15.4. The molecule has 8 nitrogen and oxygen atoms in total. The lowest BCUT2D eigenvalue weighted by Gasteiger charge is -2.18. The quantitative estimate of drug-likeness (QED) is 0.157. The van der Waals surface area contributed by atoms with Crippen LogP contribution >= 0.6 is 0 Å². The summed E-state index contributed by atoms with van der Waals surface area (Å²) in [7, 11) is 0. The molecule has 0 spiro atoms. The highest BCUT2D eigenvalue weighted by atomic mass is 15.1. The zero-order valence-electron chi connectivity index (χ0n) is 36.2. The van der Waals surface area contributed by atoms with Gasteiger partial charge in [-0.2, -0.15) is 15.8 Å². The van der Waals surface area contributed by atoms with Crippen molar-refractivity contribution in [1.29, 1.82) is 15.8 Å². The Balaban J connectivity index is 1.19. The van der Waals surface area contributed by atoms with Gasteiger partial charge in [0.05, 0.1) is 56.7 Å². The monoisotopic (exact) mass is 866 g/mol. The second-order valence-electron chi connectivity index (χ2n) is 16.5. The normalized spacial score (nSPS) is 11.2. The van der Waals surface area contributed by atoms with Crippen molar-refractivity contribution in [2.24, 2.45) is 0 Å².